The van der Waals surface area contributed by atoms with Crippen LogP contribution in [0.1, 0.15) is 31.7 Å². The van der Waals surface area contributed by atoms with Crippen molar-refractivity contribution in [3.63, 3.8) is 0 Å². The minimum atomic E-state index is 0.621. The molecule has 0 radical (unpaired) electrons. The maximum absolute atomic E-state index is 5.43. The van der Waals surface area contributed by atoms with Gasteiger partial charge in [0.15, 0.2) is 0 Å². The molecule has 1 saturated carbocycles. The molecule has 20 heavy (non-hydrogen) atoms. The summed E-state index contributed by atoms with van der Waals surface area (Å²) in [7, 11) is 3.42. The van der Waals surface area contributed by atoms with Crippen molar-refractivity contribution in [3.05, 3.63) is 23.8 Å². The summed E-state index contributed by atoms with van der Waals surface area (Å²) in [5.74, 6) is 3.01. The molecule has 112 valence electrons. The molecule has 1 aromatic carbocycles. The standard InChI is InChI=1S/C16H25NO2S/c1-4-20-16-7-5-6-14(16)17-11-12-10-13(18-2)8-9-15(12)19-3/h8-10,14,16-17H,4-7,11H2,1-3H3. The normalized spacial score (nSPS) is 21.9. The fourth-order valence-electron chi connectivity index (χ4n) is 2.83. The number of methoxy groups -OCH3 is 2. The van der Waals surface area contributed by atoms with E-state index in [1.54, 1.807) is 14.2 Å². The van der Waals surface area contributed by atoms with Gasteiger partial charge in [0.2, 0.25) is 0 Å². The first-order valence-corrected chi connectivity index (χ1v) is 8.39. The van der Waals surface area contributed by atoms with E-state index >= 15 is 0 Å². The van der Waals surface area contributed by atoms with E-state index in [2.05, 4.69) is 30.1 Å². The van der Waals surface area contributed by atoms with Crippen LogP contribution in [0.4, 0.5) is 0 Å². The van der Waals surface area contributed by atoms with E-state index in [1.807, 2.05) is 12.1 Å². The van der Waals surface area contributed by atoms with E-state index in [4.69, 9.17) is 9.47 Å². The summed E-state index contributed by atoms with van der Waals surface area (Å²) < 4.78 is 10.7. The van der Waals surface area contributed by atoms with Gasteiger partial charge in [-0.3, -0.25) is 0 Å². The van der Waals surface area contributed by atoms with E-state index < -0.39 is 0 Å². The minimum absolute atomic E-state index is 0.621. The fourth-order valence-corrected chi connectivity index (χ4v) is 4.06. The van der Waals surface area contributed by atoms with Crippen LogP contribution in [0.25, 0.3) is 0 Å². The quantitative estimate of drug-likeness (QED) is 0.834. The van der Waals surface area contributed by atoms with Crippen molar-refractivity contribution in [1.29, 1.82) is 0 Å². The van der Waals surface area contributed by atoms with Crippen molar-refractivity contribution in [3.8, 4) is 11.5 Å². The number of rotatable bonds is 7. The van der Waals surface area contributed by atoms with Crippen molar-refractivity contribution in [1.82, 2.24) is 5.32 Å². The van der Waals surface area contributed by atoms with E-state index in [0.717, 1.165) is 23.3 Å². The van der Waals surface area contributed by atoms with Crippen LogP contribution >= 0.6 is 11.8 Å². The third kappa shape index (κ3) is 3.83. The van der Waals surface area contributed by atoms with Gasteiger partial charge in [-0.2, -0.15) is 11.8 Å². The third-order valence-corrected chi connectivity index (χ3v) is 5.20. The van der Waals surface area contributed by atoms with Gasteiger partial charge in [-0.25, -0.2) is 0 Å². The van der Waals surface area contributed by atoms with Crippen LogP contribution in [-0.2, 0) is 6.54 Å². The monoisotopic (exact) mass is 295 g/mol. The number of nitrogens with one attached hydrogen (secondary N) is 1. The molecule has 0 heterocycles. The lowest BCUT2D eigenvalue weighted by Crippen LogP contribution is -2.33. The van der Waals surface area contributed by atoms with Crippen LogP contribution in [-0.4, -0.2) is 31.3 Å². The van der Waals surface area contributed by atoms with Gasteiger partial charge in [-0.15, -0.1) is 0 Å². The van der Waals surface area contributed by atoms with E-state index in [1.165, 1.54) is 30.6 Å². The predicted octanol–water partition coefficient (Wildman–Crippen LogP) is 3.47. The Morgan fingerprint density at radius 3 is 2.80 bits per heavy atom. The summed E-state index contributed by atoms with van der Waals surface area (Å²) in [5.41, 5.74) is 1.17. The molecule has 1 aliphatic carbocycles. The molecule has 3 nitrogen and oxygen atoms in total. The smallest absolute Gasteiger partial charge is 0.123 e. The average Bonchev–Trinajstić information content (AvgIpc) is 2.92. The summed E-state index contributed by atoms with van der Waals surface area (Å²) in [6.45, 7) is 3.08. The molecule has 0 amide bonds. The molecule has 0 aliphatic heterocycles. The summed E-state index contributed by atoms with van der Waals surface area (Å²) in [6.07, 6.45) is 3.96. The van der Waals surface area contributed by atoms with Crippen molar-refractivity contribution in [2.24, 2.45) is 0 Å². The van der Waals surface area contributed by atoms with Gasteiger partial charge < -0.3 is 14.8 Å². The molecule has 1 aliphatic rings. The molecule has 2 atom stereocenters. The van der Waals surface area contributed by atoms with Gasteiger partial charge in [-0.05, 0) is 36.8 Å². The molecule has 2 unspecified atom stereocenters. The maximum Gasteiger partial charge on any atom is 0.123 e. The number of hydrogen-bond acceptors (Lipinski definition) is 4. The van der Waals surface area contributed by atoms with E-state index in [9.17, 15) is 0 Å². The molecule has 0 saturated heterocycles. The number of hydrogen-bond donors (Lipinski definition) is 1. The SMILES string of the molecule is CCSC1CCCC1NCc1cc(OC)ccc1OC. The van der Waals surface area contributed by atoms with Crippen LogP contribution in [0.5, 0.6) is 11.5 Å². The summed E-state index contributed by atoms with van der Waals surface area (Å²) in [5, 5.41) is 4.46. The van der Waals surface area contributed by atoms with E-state index in [-0.39, 0.29) is 0 Å². The Hall–Kier alpha value is -0.870. The zero-order valence-electron chi connectivity index (χ0n) is 12.6. The van der Waals surface area contributed by atoms with Crippen LogP contribution < -0.4 is 14.8 Å². The van der Waals surface area contributed by atoms with E-state index in [0.29, 0.717) is 6.04 Å². The molecule has 2 rings (SSSR count). The van der Waals surface area contributed by atoms with Crippen molar-refractivity contribution < 1.29 is 9.47 Å². The molecule has 4 heteroatoms. The van der Waals surface area contributed by atoms with Gasteiger partial charge in [0.1, 0.15) is 11.5 Å². The fraction of sp³-hybridized carbons (Fsp3) is 0.625. The molecule has 1 aromatic rings. The second-order valence-corrected chi connectivity index (χ2v) is 6.61. The topological polar surface area (TPSA) is 30.5 Å². The number of ether oxygens (including phenoxy) is 2. The molecule has 0 bridgehead atoms. The summed E-state index contributed by atoms with van der Waals surface area (Å²) in [6, 6.07) is 6.59. The average molecular weight is 295 g/mol. The zero-order valence-corrected chi connectivity index (χ0v) is 13.5. The first kappa shape index (κ1) is 15.5. The second-order valence-electron chi connectivity index (χ2n) is 5.09. The lowest BCUT2D eigenvalue weighted by molar-refractivity contribution is 0.395. The van der Waals surface area contributed by atoms with Crippen LogP contribution in [0.3, 0.4) is 0 Å². The van der Waals surface area contributed by atoms with Crippen molar-refractivity contribution in [2.45, 2.75) is 44.0 Å². The van der Waals surface area contributed by atoms with Gasteiger partial charge >= 0.3 is 0 Å². The minimum Gasteiger partial charge on any atom is -0.497 e. The molecule has 1 fully saturated rings. The Labute approximate surface area is 126 Å². The Morgan fingerprint density at radius 2 is 2.10 bits per heavy atom. The Kier molecular flexibility index (Phi) is 6.05. The summed E-state index contributed by atoms with van der Waals surface area (Å²) in [4.78, 5) is 0. The Morgan fingerprint density at radius 1 is 1.25 bits per heavy atom. The Bertz CT molecular complexity index is 425. The zero-order chi connectivity index (χ0) is 14.4. The number of benzene rings is 1. The van der Waals surface area contributed by atoms with Crippen molar-refractivity contribution >= 4 is 11.8 Å². The van der Waals surface area contributed by atoms with Gasteiger partial charge in [0.25, 0.3) is 0 Å². The molecular formula is C16H25NO2S. The van der Waals surface area contributed by atoms with Crippen molar-refractivity contribution in [2.75, 3.05) is 20.0 Å². The highest BCUT2D eigenvalue weighted by atomic mass is 32.2. The largest absolute Gasteiger partial charge is 0.497 e. The van der Waals surface area contributed by atoms with Crippen LogP contribution in [0.2, 0.25) is 0 Å². The molecular weight excluding hydrogens is 270 g/mol. The summed E-state index contributed by atoms with van der Waals surface area (Å²) >= 11 is 2.08. The van der Waals surface area contributed by atoms with Gasteiger partial charge in [-0.1, -0.05) is 13.3 Å². The lowest BCUT2D eigenvalue weighted by atomic mass is 10.1. The molecule has 0 spiro atoms. The van der Waals surface area contributed by atoms with Gasteiger partial charge in [0.05, 0.1) is 14.2 Å². The van der Waals surface area contributed by atoms with Gasteiger partial charge in [0, 0.05) is 23.4 Å². The first-order chi connectivity index (χ1) is 9.78. The highest BCUT2D eigenvalue weighted by Gasteiger charge is 2.26. The molecule has 0 aromatic heterocycles. The second kappa shape index (κ2) is 7.79. The molecule has 1 N–H and O–H groups in total. The lowest BCUT2D eigenvalue weighted by Gasteiger charge is -2.21. The van der Waals surface area contributed by atoms with Crippen LogP contribution in [0, 0.1) is 0 Å². The maximum atomic E-state index is 5.43. The highest BCUT2D eigenvalue weighted by molar-refractivity contribution is 7.99. The Balaban J connectivity index is 1.99. The number of thioether (sulfide) groups is 1. The van der Waals surface area contributed by atoms with Crippen LogP contribution in [0.15, 0.2) is 18.2 Å². The first-order valence-electron chi connectivity index (χ1n) is 7.34. The third-order valence-electron chi connectivity index (χ3n) is 3.88. The highest BCUT2D eigenvalue weighted by Crippen LogP contribution is 2.31. The predicted molar refractivity (Wildman–Crippen MR) is 85.9 cm³/mol.